The van der Waals surface area contributed by atoms with E-state index in [9.17, 15) is 0 Å². The number of nitrogens with zero attached hydrogens (tertiary/aromatic N) is 2. The zero-order valence-corrected chi connectivity index (χ0v) is 9.03. The van der Waals surface area contributed by atoms with E-state index in [-0.39, 0.29) is 0 Å². The molecule has 0 aromatic carbocycles. The van der Waals surface area contributed by atoms with E-state index in [1.807, 2.05) is 6.20 Å². The van der Waals surface area contributed by atoms with Crippen LogP contribution in [0.25, 0.3) is 0 Å². The van der Waals surface area contributed by atoms with Gasteiger partial charge in [-0.25, -0.2) is 4.98 Å². The highest BCUT2D eigenvalue weighted by Crippen LogP contribution is 2.35. The average molecular weight is 193 g/mol. The van der Waals surface area contributed by atoms with Crippen LogP contribution in [0.15, 0.2) is 12.4 Å². The van der Waals surface area contributed by atoms with E-state index in [4.69, 9.17) is 0 Å². The second-order valence-electron chi connectivity index (χ2n) is 4.26. The van der Waals surface area contributed by atoms with Gasteiger partial charge in [0, 0.05) is 25.0 Å². The number of nitrogens with one attached hydrogen (secondary N) is 1. The molecule has 1 aromatic heterocycles. The van der Waals surface area contributed by atoms with Crippen molar-refractivity contribution in [3.63, 3.8) is 0 Å². The summed E-state index contributed by atoms with van der Waals surface area (Å²) in [6.45, 7) is 5.39. The molecule has 1 aromatic rings. The summed E-state index contributed by atoms with van der Waals surface area (Å²) in [5.74, 6) is 1.91. The van der Waals surface area contributed by atoms with E-state index in [1.54, 1.807) is 0 Å². The molecule has 1 aliphatic carbocycles. The average Bonchev–Trinajstić information content (AvgIpc) is 2.74. The molecule has 2 unspecified atom stereocenters. The Morgan fingerprint density at radius 2 is 2.43 bits per heavy atom. The molecule has 78 valence electrons. The van der Waals surface area contributed by atoms with Gasteiger partial charge >= 0.3 is 0 Å². The largest absolute Gasteiger partial charge is 0.356 e. The van der Waals surface area contributed by atoms with Gasteiger partial charge in [0.25, 0.3) is 0 Å². The lowest BCUT2D eigenvalue weighted by atomic mass is 10.1. The topological polar surface area (TPSA) is 29.9 Å². The van der Waals surface area contributed by atoms with Gasteiger partial charge in [0.1, 0.15) is 0 Å². The second kappa shape index (κ2) is 4.03. The Hall–Kier alpha value is -0.990. The molecule has 0 bridgehead atoms. The molecule has 0 radical (unpaired) electrons. The molecular weight excluding hydrogens is 174 g/mol. The Kier molecular flexibility index (Phi) is 2.75. The zero-order valence-electron chi connectivity index (χ0n) is 9.03. The van der Waals surface area contributed by atoms with Gasteiger partial charge in [-0.3, -0.25) is 0 Å². The molecule has 0 amide bonds. The predicted molar refractivity (Wildman–Crippen MR) is 58.4 cm³/mol. The summed E-state index contributed by atoms with van der Waals surface area (Å²) < 4.78 is 2.30. The SMILES string of the molecule is CCNc1nccn1C1CCC(C)C1. The third-order valence-electron chi connectivity index (χ3n) is 3.06. The van der Waals surface area contributed by atoms with E-state index >= 15 is 0 Å². The summed E-state index contributed by atoms with van der Waals surface area (Å²) >= 11 is 0. The molecule has 0 saturated heterocycles. The number of anilines is 1. The summed E-state index contributed by atoms with van der Waals surface area (Å²) in [7, 11) is 0. The van der Waals surface area contributed by atoms with Crippen LogP contribution in [-0.2, 0) is 0 Å². The highest BCUT2D eigenvalue weighted by atomic mass is 15.2. The Morgan fingerprint density at radius 1 is 1.57 bits per heavy atom. The van der Waals surface area contributed by atoms with Gasteiger partial charge < -0.3 is 9.88 Å². The molecule has 3 heteroatoms. The Balaban J connectivity index is 2.11. The number of hydrogen-bond acceptors (Lipinski definition) is 2. The number of imidazole rings is 1. The van der Waals surface area contributed by atoms with Gasteiger partial charge in [-0.05, 0) is 32.1 Å². The van der Waals surface area contributed by atoms with Crippen LogP contribution in [0, 0.1) is 5.92 Å². The second-order valence-corrected chi connectivity index (χ2v) is 4.26. The number of rotatable bonds is 3. The molecule has 1 fully saturated rings. The quantitative estimate of drug-likeness (QED) is 0.799. The monoisotopic (exact) mass is 193 g/mol. The molecule has 0 aliphatic heterocycles. The molecule has 1 saturated carbocycles. The van der Waals surface area contributed by atoms with E-state index in [0.717, 1.165) is 18.4 Å². The fraction of sp³-hybridized carbons (Fsp3) is 0.727. The van der Waals surface area contributed by atoms with Gasteiger partial charge in [0.05, 0.1) is 0 Å². The molecule has 1 heterocycles. The van der Waals surface area contributed by atoms with Crippen molar-refractivity contribution in [2.24, 2.45) is 5.92 Å². The van der Waals surface area contributed by atoms with Crippen LogP contribution in [0.5, 0.6) is 0 Å². The van der Waals surface area contributed by atoms with Crippen LogP contribution >= 0.6 is 0 Å². The summed E-state index contributed by atoms with van der Waals surface area (Å²) in [6, 6.07) is 0.668. The first kappa shape index (κ1) is 9.56. The van der Waals surface area contributed by atoms with Crippen LogP contribution in [0.3, 0.4) is 0 Å². The maximum Gasteiger partial charge on any atom is 0.203 e. The predicted octanol–water partition coefficient (Wildman–Crippen LogP) is 2.68. The molecule has 1 aliphatic rings. The van der Waals surface area contributed by atoms with E-state index in [1.165, 1.54) is 19.3 Å². The lowest BCUT2D eigenvalue weighted by Crippen LogP contribution is -2.10. The molecule has 14 heavy (non-hydrogen) atoms. The van der Waals surface area contributed by atoms with Crippen LogP contribution in [0.1, 0.15) is 39.2 Å². The van der Waals surface area contributed by atoms with E-state index < -0.39 is 0 Å². The smallest absolute Gasteiger partial charge is 0.203 e. The minimum Gasteiger partial charge on any atom is -0.356 e. The number of aromatic nitrogens is 2. The third kappa shape index (κ3) is 1.76. The molecule has 0 spiro atoms. The van der Waals surface area contributed by atoms with E-state index in [2.05, 4.69) is 34.9 Å². The Morgan fingerprint density at radius 3 is 3.07 bits per heavy atom. The van der Waals surface area contributed by atoms with Gasteiger partial charge in [0.15, 0.2) is 0 Å². The molecule has 3 nitrogen and oxygen atoms in total. The minimum atomic E-state index is 0.668. The van der Waals surface area contributed by atoms with Crippen molar-refractivity contribution in [1.29, 1.82) is 0 Å². The molecular formula is C11H19N3. The Labute approximate surface area is 85.5 Å². The van der Waals surface area contributed by atoms with E-state index in [0.29, 0.717) is 6.04 Å². The zero-order chi connectivity index (χ0) is 9.97. The molecule has 2 rings (SSSR count). The fourth-order valence-corrected chi connectivity index (χ4v) is 2.33. The van der Waals surface area contributed by atoms with Crippen molar-refractivity contribution >= 4 is 5.95 Å². The highest BCUT2D eigenvalue weighted by molar-refractivity contribution is 5.26. The van der Waals surface area contributed by atoms with Crippen LogP contribution in [-0.4, -0.2) is 16.1 Å². The first-order valence-corrected chi connectivity index (χ1v) is 5.58. The maximum absolute atomic E-state index is 4.33. The number of hydrogen-bond donors (Lipinski definition) is 1. The molecule has 1 N–H and O–H groups in total. The summed E-state index contributed by atoms with van der Waals surface area (Å²) in [5.41, 5.74) is 0. The lowest BCUT2D eigenvalue weighted by Gasteiger charge is -2.15. The summed E-state index contributed by atoms with van der Waals surface area (Å²) in [5, 5.41) is 3.30. The van der Waals surface area contributed by atoms with Gasteiger partial charge in [-0.2, -0.15) is 0 Å². The maximum atomic E-state index is 4.33. The van der Waals surface area contributed by atoms with Crippen LogP contribution < -0.4 is 5.32 Å². The third-order valence-corrected chi connectivity index (χ3v) is 3.06. The Bertz CT molecular complexity index is 292. The van der Waals surface area contributed by atoms with Crippen molar-refractivity contribution < 1.29 is 0 Å². The molecule has 2 atom stereocenters. The summed E-state index contributed by atoms with van der Waals surface area (Å²) in [6.07, 6.45) is 7.95. The highest BCUT2D eigenvalue weighted by Gasteiger charge is 2.23. The normalized spacial score (nSPS) is 26.7. The van der Waals surface area contributed by atoms with Crippen molar-refractivity contribution in [1.82, 2.24) is 9.55 Å². The van der Waals surface area contributed by atoms with Gasteiger partial charge in [-0.15, -0.1) is 0 Å². The first-order valence-electron chi connectivity index (χ1n) is 5.58. The van der Waals surface area contributed by atoms with Crippen LogP contribution in [0.4, 0.5) is 5.95 Å². The fourth-order valence-electron chi connectivity index (χ4n) is 2.33. The van der Waals surface area contributed by atoms with Gasteiger partial charge in [-0.1, -0.05) is 6.92 Å². The van der Waals surface area contributed by atoms with Gasteiger partial charge in [0.2, 0.25) is 5.95 Å². The standard InChI is InChI=1S/C11H19N3/c1-3-12-11-13-6-7-14(11)10-5-4-9(2)8-10/h6-7,9-10H,3-5,8H2,1-2H3,(H,12,13). The van der Waals surface area contributed by atoms with Crippen LogP contribution in [0.2, 0.25) is 0 Å². The van der Waals surface area contributed by atoms with Crippen molar-refractivity contribution in [3.05, 3.63) is 12.4 Å². The van der Waals surface area contributed by atoms with Crippen molar-refractivity contribution in [2.45, 2.75) is 39.2 Å². The first-order chi connectivity index (χ1) is 6.81. The minimum absolute atomic E-state index is 0.668. The van der Waals surface area contributed by atoms with Crippen molar-refractivity contribution in [2.75, 3.05) is 11.9 Å². The lowest BCUT2D eigenvalue weighted by molar-refractivity contribution is 0.497. The van der Waals surface area contributed by atoms with Crippen molar-refractivity contribution in [3.8, 4) is 0 Å². The summed E-state index contributed by atoms with van der Waals surface area (Å²) in [4.78, 5) is 4.33.